The van der Waals surface area contributed by atoms with Crippen molar-refractivity contribution in [3.05, 3.63) is 90.5 Å². The third-order valence-corrected chi connectivity index (χ3v) is 3.71. The summed E-state index contributed by atoms with van der Waals surface area (Å²) in [5.74, 6) is 0.322. The van der Waals surface area contributed by atoms with Gasteiger partial charge in [0.25, 0.3) is 10.1 Å². The summed E-state index contributed by atoms with van der Waals surface area (Å²) in [6.45, 7) is 2.02. The van der Waals surface area contributed by atoms with Gasteiger partial charge < -0.3 is 10.8 Å². The smallest absolute Gasteiger partial charge is 0.294 e. The number of aryl methyl sites for hydroxylation is 1. The molecule has 0 amide bonds. The van der Waals surface area contributed by atoms with Crippen molar-refractivity contribution in [3.8, 4) is 5.75 Å². The van der Waals surface area contributed by atoms with Gasteiger partial charge in [0.05, 0.1) is 4.90 Å². The van der Waals surface area contributed by atoms with Crippen LogP contribution in [-0.4, -0.2) is 18.1 Å². The lowest BCUT2D eigenvalue weighted by Crippen LogP contribution is -1.96. The maximum Gasteiger partial charge on any atom is 0.294 e. The lowest BCUT2D eigenvalue weighted by Gasteiger charge is -1.92. The molecule has 0 saturated carbocycles. The first-order chi connectivity index (χ1) is 11.8. The van der Waals surface area contributed by atoms with E-state index >= 15 is 0 Å². The summed E-state index contributed by atoms with van der Waals surface area (Å²) in [4.78, 5) is -0.0741. The zero-order valence-corrected chi connectivity index (χ0v) is 14.6. The number of nitrogens with two attached hydrogens (primary N) is 1. The van der Waals surface area contributed by atoms with E-state index in [1.807, 2.05) is 37.3 Å². The molecular weight excluding hydrogens is 338 g/mol. The average molecular weight is 359 g/mol. The van der Waals surface area contributed by atoms with Crippen molar-refractivity contribution < 1.29 is 18.1 Å². The molecule has 3 aromatic carbocycles. The van der Waals surface area contributed by atoms with Crippen molar-refractivity contribution in [2.45, 2.75) is 11.8 Å². The highest BCUT2D eigenvalue weighted by molar-refractivity contribution is 7.85. The number of nitrogen functional groups attached to an aromatic ring is 1. The normalized spacial score (nSPS) is 9.84. The standard InChI is InChI=1S/C7H9N.C6H6O3S.C6H6O/c1-6-3-2-4-7(8)5-6;7-10(8,9)6-4-2-1-3-5-6;7-6-4-2-1-3-5-6/h2-5H,8H2,1H3;1-5H,(H,7,8,9);1-5,7H. The molecule has 0 saturated heterocycles. The topological polar surface area (TPSA) is 101 Å². The number of rotatable bonds is 1. The Hall–Kier alpha value is -2.83. The highest BCUT2D eigenvalue weighted by atomic mass is 32.2. The van der Waals surface area contributed by atoms with Crippen LogP contribution in [0.2, 0.25) is 0 Å². The van der Waals surface area contributed by atoms with E-state index < -0.39 is 10.1 Å². The number of phenols is 1. The molecule has 0 bridgehead atoms. The molecule has 0 aliphatic rings. The van der Waals surface area contributed by atoms with Crippen LogP contribution in [0.25, 0.3) is 0 Å². The largest absolute Gasteiger partial charge is 0.508 e. The second-order valence-corrected chi connectivity index (χ2v) is 6.46. The highest BCUT2D eigenvalue weighted by Crippen LogP contribution is 2.05. The summed E-state index contributed by atoms with van der Waals surface area (Å²) < 4.78 is 29.2. The minimum Gasteiger partial charge on any atom is -0.508 e. The molecule has 5 nitrogen and oxygen atoms in total. The summed E-state index contributed by atoms with van der Waals surface area (Å²) in [5.41, 5.74) is 7.51. The first kappa shape index (κ1) is 20.2. The molecule has 0 spiro atoms. The fourth-order valence-electron chi connectivity index (χ4n) is 1.69. The maximum absolute atomic E-state index is 10.4. The zero-order chi connectivity index (χ0) is 18.7. The number of benzene rings is 3. The van der Waals surface area contributed by atoms with E-state index in [-0.39, 0.29) is 4.90 Å². The van der Waals surface area contributed by atoms with Gasteiger partial charge in [0, 0.05) is 5.69 Å². The fraction of sp³-hybridized carbons (Fsp3) is 0.0526. The Balaban J connectivity index is 0.000000191. The molecule has 3 aromatic rings. The molecule has 0 heterocycles. The number of hydrogen-bond donors (Lipinski definition) is 3. The molecular formula is C19H21NO4S. The van der Waals surface area contributed by atoms with Crippen LogP contribution in [0.4, 0.5) is 5.69 Å². The van der Waals surface area contributed by atoms with Gasteiger partial charge in [-0.2, -0.15) is 8.42 Å². The number of para-hydroxylation sites is 1. The SMILES string of the molecule is Cc1cccc(N)c1.O=S(=O)(O)c1ccccc1.Oc1ccccc1. The molecule has 0 aliphatic heterocycles. The molecule has 0 aliphatic carbocycles. The second kappa shape index (κ2) is 10.1. The van der Waals surface area contributed by atoms with Crippen molar-refractivity contribution in [1.82, 2.24) is 0 Å². The Morgan fingerprint density at radius 2 is 1.32 bits per heavy atom. The van der Waals surface area contributed by atoms with E-state index in [0.29, 0.717) is 5.75 Å². The van der Waals surface area contributed by atoms with Crippen molar-refractivity contribution in [2.75, 3.05) is 5.73 Å². The summed E-state index contributed by atoms with van der Waals surface area (Å²) in [6.07, 6.45) is 0. The van der Waals surface area contributed by atoms with Crippen LogP contribution in [0.1, 0.15) is 5.56 Å². The predicted molar refractivity (Wildman–Crippen MR) is 100.0 cm³/mol. The first-order valence-corrected chi connectivity index (χ1v) is 8.82. The Kier molecular flexibility index (Phi) is 8.18. The Labute approximate surface area is 148 Å². The summed E-state index contributed by atoms with van der Waals surface area (Å²) in [5, 5.41) is 8.63. The quantitative estimate of drug-likeness (QED) is 0.452. The summed E-state index contributed by atoms with van der Waals surface area (Å²) in [6, 6.07) is 23.9. The molecule has 6 heteroatoms. The maximum atomic E-state index is 10.4. The predicted octanol–water partition coefficient (Wildman–Crippen LogP) is 3.90. The summed E-state index contributed by atoms with van der Waals surface area (Å²) in [7, 11) is -4.00. The molecule has 0 radical (unpaired) electrons. The van der Waals surface area contributed by atoms with E-state index in [2.05, 4.69) is 0 Å². The minimum absolute atomic E-state index is 0.0741. The van der Waals surface area contributed by atoms with Gasteiger partial charge in [-0.25, -0.2) is 0 Å². The zero-order valence-electron chi connectivity index (χ0n) is 13.8. The number of aromatic hydroxyl groups is 1. The van der Waals surface area contributed by atoms with Gasteiger partial charge in [0.2, 0.25) is 0 Å². The number of anilines is 1. The van der Waals surface area contributed by atoms with E-state index in [0.717, 1.165) is 5.69 Å². The van der Waals surface area contributed by atoms with Crippen LogP contribution >= 0.6 is 0 Å². The highest BCUT2D eigenvalue weighted by Gasteiger charge is 2.05. The summed E-state index contributed by atoms with van der Waals surface area (Å²) >= 11 is 0. The Bertz CT molecular complexity index is 834. The van der Waals surface area contributed by atoms with Gasteiger partial charge >= 0.3 is 0 Å². The van der Waals surface area contributed by atoms with E-state index in [9.17, 15) is 8.42 Å². The van der Waals surface area contributed by atoms with Crippen LogP contribution in [0.5, 0.6) is 5.75 Å². The van der Waals surface area contributed by atoms with Crippen molar-refractivity contribution >= 4 is 15.8 Å². The van der Waals surface area contributed by atoms with E-state index in [1.165, 1.54) is 17.7 Å². The lowest BCUT2D eigenvalue weighted by molar-refractivity contribution is 0.475. The molecule has 4 N–H and O–H groups in total. The lowest BCUT2D eigenvalue weighted by atomic mass is 10.2. The molecule has 0 aromatic heterocycles. The van der Waals surface area contributed by atoms with Gasteiger partial charge in [-0.3, -0.25) is 4.55 Å². The Morgan fingerprint density at radius 1 is 0.800 bits per heavy atom. The van der Waals surface area contributed by atoms with E-state index in [1.54, 1.807) is 42.5 Å². The van der Waals surface area contributed by atoms with Gasteiger partial charge in [0.1, 0.15) is 5.75 Å². The number of phenolic OH excluding ortho intramolecular Hbond substituents is 1. The molecule has 0 fully saturated rings. The van der Waals surface area contributed by atoms with Crippen molar-refractivity contribution in [3.63, 3.8) is 0 Å². The monoisotopic (exact) mass is 359 g/mol. The van der Waals surface area contributed by atoms with Crippen LogP contribution in [0.15, 0.2) is 89.8 Å². The molecule has 0 unspecified atom stereocenters. The van der Waals surface area contributed by atoms with Crippen molar-refractivity contribution in [1.29, 1.82) is 0 Å². The van der Waals surface area contributed by atoms with Crippen LogP contribution < -0.4 is 5.73 Å². The average Bonchev–Trinajstić information content (AvgIpc) is 2.57. The van der Waals surface area contributed by atoms with Gasteiger partial charge in [-0.05, 0) is 48.9 Å². The van der Waals surface area contributed by atoms with Crippen LogP contribution in [-0.2, 0) is 10.1 Å². The molecule has 132 valence electrons. The van der Waals surface area contributed by atoms with Crippen molar-refractivity contribution in [2.24, 2.45) is 0 Å². The van der Waals surface area contributed by atoms with Crippen LogP contribution in [0.3, 0.4) is 0 Å². The van der Waals surface area contributed by atoms with Gasteiger partial charge in [-0.15, -0.1) is 0 Å². The molecule has 3 rings (SSSR count). The third kappa shape index (κ3) is 9.14. The molecule has 0 atom stereocenters. The van der Waals surface area contributed by atoms with E-state index in [4.69, 9.17) is 15.4 Å². The Morgan fingerprint density at radius 3 is 1.60 bits per heavy atom. The third-order valence-electron chi connectivity index (χ3n) is 2.84. The minimum atomic E-state index is -4.00. The fourth-order valence-corrected chi connectivity index (χ4v) is 2.19. The molecule has 25 heavy (non-hydrogen) atoms. The second-order valence-electron chi connectivity index (χ2n) is 5.04. The first-order valence-electron chi connectivity index (χ1n) is 7.38. The van der Waals surface area contributed by atoms with Gasteiger partial charge in [-0.1, -0.05) is 48.5 Å². The van der Waals surface area contributed by atoms with Crippen LogP contribution in [0, 0.1) is 6.92 Å². The van der Waals surface area contributed by atoms with Gasteiger partial charge in [0.15, 0.2) is 0 Å². The number of hydrogen-bond acceptors (Lipinski definition) is 4.